The standard InChI is InChI=1S/C12H15NO2S/c1-15-10-4-2-9(3-5-10)11-8-12(14)13-6-7-16-11/h2-5,11H,6-8H2,1H3,(H,13,14). The molecular formula is C12H15NO2S. The zero-order valence-corrected chi connectivity index (χ0v) is 10.0. The van der Waals surface area contributed by atoms with E-state index in [2.05, 4.69) is 5.32 Å². The van der Waals surface area contributed by atoms with Crippen LogP contribution in [0.3, 0.4) is 0 Å². The summed E-state index contributed by atoms with van der Waals surface area (Å²) in [5, 5.41) is 3.15. The average molecular weight is 237 g/mol. The highest BCUT2D eigenvalue weighted by Gasteiger charge is 2.19. The number of carbonyl (C=O) groups excluding carboxylic acids is 1. The molecule has 0 radical (unpaired) electrons. The lowest BCUT2D eigenvalue weighted by Gasteiger charge is -2.13. The van der Waals surface area contributed by atoms with Gasteiger partial charge in [-0.3, -0.25) is 4.79 Å². The van der Waals surface area contributed by atoms with E-state index >= 15 is 0 Å². The lowest BCUT2D eigenvalue weighted by molar-refractivity contribution is -0.120. The molecule has 3 nitrogen and oxygen atoms in total. The van der Waals surface area contributed by atoms with Gasteiger partial charge < -0.3 is 10.1 Å². The number of carbonyl (C=O) groups is 1. The zero-order valence-electron chi connectivity index (χ0n) is 9.23. The van der Waals surface area contributed by atoms with E-state index in [0.717, 1.165) is 18.0 Å². The van der Waals surface area contributed by atoms with Crippen molar-refractivity contribution in [3.8, 4) is 5.75 Å². The predicted molar refractivity (Wildman–Crippen MR) is 65.8 cm³/mol. The second-order valence-corrected chi connectivity index (χ2v) is 5.00. The first-order chi connectivity index (χ1) is 7.79. The minimum Gasteiger partial charge on any atom is -0.497 e. The molecule has 16 heavy (non-hydrogen) atoms. The van der Waals surface area contributed by atoms with Crippen molar-refractivity contribution in [2.24, 2.45) is 0 Å². The maximum atomic E-state index is 11.4. The molecular weight excluding hydrogens is 222 g/mol. The van der Waals surface area contributed by atoms with Gasteiger partial charge in [-0.1, -0.05) is 12.1 Å². The zero-order chi connectivity index (χ0) is 11.4. The van der Waals surface area contributed by atoms with E-state index in [4.69, 9.17) is 4.74 Å². The summed E-state index contributed by atoms with van der Waals surface area (Å²) in [6.45, 7) is 0.774. The number of benzene rings is 1. The van der Waals surface area contributed by atoms with Crippen molar-refractivity contribution in [2.45, 2.75) is 11.7 Å². The summed E-state index contributed by atoms with van der Waals surface area (Å²) in [5.74, 6) is 1.97. The number of rotatable bonds is 2. The Kier molecular flexibility index (Phi) is 3.72. The van der Waals surface area contributed by atoms with Crippen LogP contribution in [0.4, 0.5) is 0 Å². The fourth-order valence-corrected chi connectivity index (χ4v) is 2.85. The molecule has 1 aliphatic rings. The van der Waals surface area contributed by atoms with Gasteiger partial charge in [-0.05, 0) is 17.7 Å². The fraction of sp³-hybridized carbons (Fsp3) is 0.417. The molecule has 0 aromatic heterocycles. The van der Waals surface area contributed by atoms with Gasteiger partial charge in [0.15, 0.2) is 0 Å². The topological polar surface area (TPSA) is 38.3 Å². The molecule has 1 aromatic carbocycles. The second-order valence-electron chi connectivity index (χ2n) is 3.69. The summed E-state index contributed by atoms with van der Waals surface area (Å²) in [6.07, 6.45) is 0.566. The number of amides is 1. The minimum atomic E-state index is 0.144. The van der Waals surface area contributed by atoms with E-state index in [0.29, 0.717) is 6.42 Å². The van der Waals surface area contributed by atoms with Crippen LogP contribution in [-0.2, 0) is 4.79 Å². The van der Waals surface area contributed by atoms with Gasteiger partial charge in [-0.25, -0.2) is 0 Å². The smallest absolute Gasteiger partial charge is 0.221 e. The molecule has 1 saturated heterocycles. The van der Waals surface area contributed by atoms with Crippen molar-refractivity contribution in [3.05, 3.63) is 29.8 Å². The highest BCUT2D eigenvalue weighted by atomic mass is 32.2. The molecule has 1 N–H and O–H groups in total. The van der Waals surface area contributed by atoms with Gasteiger partial charge in [-0.15, -0.1) is 0 Å². The third-order valence-corrected chi connectivity index (χ3v) is 3.88. The Balaban J connectivity index is 2.12. The Hall–Kier alpha value is -1.16. The number of ether oxygens (including phenoxy) is 1. The molecule has 0 bridgehead atoms. The van der Waals surface area contributed by atoms with Crippen LogP contribution in [0.15, 0.2) is 24.3 Å². The monoisotopic (exact) mass is 237 g/mol. The normalized spacial score (nSPS) is 21.1. The Morgan fingerprint density at radius 3 is 2.81 bits per heavy atom. The maximum Gasteiger partial charge on any atom is 0.221 e. The summed E-state index contributed by atoms with van der Waals surface area (Å²) < 4.78 is 5.12. The van der Waals surface area contributed by atoms with Crippen molar-refractivity contribution in [3.63, 3.8) is 0 Å². The Bertz CT molecular complexity index is 364. The van der Waals surface area contributed by atoms with E-state index in [-0.39, 0.29) is 11.2 Å². The molecule has 1 amide bonds. The van der Waals surface area contributed by atoms with Crippen molar-refractivity contribution in [1.82, 2.24) is 5.32 Å². The fourth-order valence-electron chi connectivity index (χ4n) is 1.72. The van der Waals surface area contributed by atoms with Crippen molar-refractivity contribution in [1.29, 1.82) is 0 Å². The lowest BCUT2D eigenvalue weighted by Crippen LogP contribution is -2.23. The molecule has 86 valence electrons. The largest absolute Gasteiger partial charge is 0.497 e. The molecule has 4 heteroatoms. The van der Waals surface area contributed by atoms with Crippen LogP contribution in [0.5, 0.6) is 5.75 Å². The molecule has 1 unspecified atom stereocenters. The summed E-state index contributed by atoms with van der Waals surface area (Å²) in [6, 6.07) is 7.96. The SMILES string of the molecule is COc1ccc(C2CC(=O)NCCS2)cc1. The van der Waals surface area contributed by atoms with Crippen molar-refractivity contribution in [2.75, 3.05) is 19.4 Å². The second kappa shape index (κ2) is 5.25. The van der Waals surface area contributed by atoms with Gasteiger partial charge in [0, 0.05) is 24.0 Å². The van der Waals surface area contributed by atoms with Gasteiger partial charge in [-0.2, -0.15) is 11.8 Å². The Morgan fingerprint density at radius 2 is 2.12 bits per heavy atom. The first kappa shape index (κ1) is 11.3. The van der Waals surface area contributed by atoms with E-state index in [1.807, 2.05) is 36.0 Å². The van der Waals surface area contributed by atoms with Crippen LogP contribution in [-0.4, -0.2) is 25.3 Å². The van der Waals surface area contributed by atoms with Gasteiger partial charge >= 0.3 is 0 Å². The first-order valence-corrected chi connectivity index (χ1v) is 6.37. The molecule has 1 heterocycles. The number of hydrogen-bond donors (Lipinski definition) is 1. The van der Waals surface area contributed by atoms with Crippen LogP contribution in [0.25, 0.3) is 0 Å². The first-order valence-electron chi connectivity index (χ1n) is 5.32. The molecule has 1 atom stereocenters. The number of thioether (sulfide) groups is 1. The van der Waals surface area contributed by atoms with Crippen LogP contribution in [0.2, 0.25) is 0 Å². The summed E-state index contributed by atoms with van der Waals surface area (Å²) >= 11 is 1.83. The van der Waals surface area contributed by atoms with E-state index in [1.54, 1.807) is 7.11 Å². The van der Waals surface area contributed by atoms with Gasteiger partial charge in [0.25, 0.3) is 0 Å². The lowest BCUT2D eigenvalue weighted by atomic mass is 10.1. The number of nitrogens with one attached hydrogen (secondary N) is 1. The minimum absolute atomic E-state index is 0.144. The van der Waals surface area contributed by atoms with E-state index < -0.39 is 0 Å². The van der Waals surface area contributed by atoms with Gasteiger partial charge in [0.2, 0.25) is 5.91 Å². The van der Waals surface area contributed by atoms with Crippen LogP contribution in [0.1, 0.15) is 17.2 Å². The molecule has 0 aliphatic carbocycles. The molecule has 0 spiro atoms. The van der Waals surface area contributed by atoms with E-state index in [1.165, 1.54) is 5.56 Å². The summed E-state index contributed by atoms with van der Waals surface area (Å²) in [7, 11) is 1.66. The van der Waals surface area contributed by atoms with Gasteiger partial charge in [0.05, 0.1) is 7.11 Å². The van der Waals surface area contributed by atoms with Crippen LogP contribution < -0.4 is 10.1 Å². The Morgan fingerprint density at radius 1 is 1.38 bits per heavy atom. The average Bonchev–Trinajstić information content (AvgIpc) is 2.54. The highest BCUT2D eigenvalue weighted by Crippen LogP contribution is 2.33. The van der Waals surface area contributed by atoms with Crippen molar-refractivity contribution < 1.29 is 9.53 Å². The maximum absolute atomic E-state index is 11.4. The van der Waals surface area contributed by atoms with Crippen LogP contribution in [0, 0.1) is 0 Å². The third-order valence-electron chi connectivity index (χ3n) is 2.60. The van der Waals surface area contributed by atoms with E-state index in [9.17, 15) is 4.79 Å². The predicted octanol–water partition coefficient (Wildman–Crippen LogP) is 1.99. The van der Waals surface area contributed by atoms with Gasteiger partial charge in [0.1, 0.15) is 5.75 Å². The molecule has 1 aromatic rings. The number of methoxy groups -OCH3 is 1. The third kappa shape index (κ3) is 2.70. The summed E-state index contributed by atoms with van der Waals surface area (Å²) in [5.41, 5.74) is 1.20. The number of hydrogen-bond acceptors (Lipinski definition) is 3. The highest BCUT2D eigenvalue weighted by molar-refractivity contribution is 7.99. The molecule has 1 aliphatic heterocycles. The van der Waals surface area contributed by atoms with Crippen LogP contribution >= 0.6 is 11.8 Å². The quantitative estimate of drug-likeness (QED) is 0.855. The molecule has 1 fully saturated rings. The Labute approximate surface area is 99.6 Å². The molecule has 2 rings (SSSR count). The molecule has 0 saturated carbocycles. The summed E-state index contributed by atoms with van der Waals surface area (Å²) in [4.78, 5) is 11.4. The van der Waals surface area contributed by atoms with Crippen molar-refractivity contribution >= 4 is 17.7 Å².